The quantitative estimate of drug-likeness (QED) is 0.105. The third-order valence-electron chi connectivity index (χ3n) is 6.14. The van der Waals surface area contributed by atoms with Gasteiger partial charge in [-0.15, -0.1) is 0 Å². The summed E-state index contributed by atoms with van der Waals surface area (Å²) < 4.78 is 0. The maximum Gasteiger partial charge on any atom is 0.255 e. The SMILES string of the molecule is CCCCCCCCCCCCCCCC(=O)Nc1cccc(C(=O)Nc2cc(O)ccc2O)c1. The molecule has 2 aromatic rings. The second kappa shape index (κ2) is 16.6. The molecule has 0 atom stereocenters. The van der Waals surface area contributed by atoms with E-state index in [0.29, 0.717) is 17.7 Å². The molecule has 4 N–H and O–H groups in total. The van der Waals surface area contributed by atoms with Crippen LogP contribution < -0.4 is 10.6 Å². The highest BCUT2D eigenvalue weighted by Gasteiger charge is 2.11. The minimum Gasteiger partial charge on any atom is -0.508 e. The molecule has 0 unspecified atom stereocenters. The van der Waals surface area contributed by atoms with Gasteiger partial charge in [0.15, 0.2) is 0 Å². The lowest BCUT2D eigenvalue weighted by molar-refractivity contribution is -0.116. The number of carbonyl (C=O) groups excluding carboxylic acids is 2. The van der Waals surface area contributed by atoms with Gasteiger partial charge >= 0.3 is 0 Å². The Bertz CT molecular complexity index is 913. The van der Waals surface area contributed by atoms with Gasteiger partial charge in [-0.1, -0.05) is 90.0 Å². The Balaban J connectivity index is 1.59. The van der Waals surface area contributed by atoms with E-state index < -0.39 is 5.91 Å². The van der Waals surface area contributed by atoms with Gasteiger partial charge in [0.1, 0.15) is 11.5 Å². The molecule has 0 radical (unpaired) electrons. The van der Waals surface area contributed by atoms with Crippen LogP contribution in [0.5, 0.6) is 11.5 Å². The number of aromatic hydroxyl groups is 2. The van der Waals surface area contributed by atoms with Gasteiger partial charge in [-0.05, 0) is 36.8 Å². The van der Waals surface area contributed by atoms with E-state index in [4.69, 9.17) is 0 Å². The Morgan fingerprint density at radius 3 is 1.94 bits per heavy atom. The number of unbranched alkanes of at least 4 members (excludes halogenated alkanes) is 12. The van der Waals surface area contributed by atoms with Crippen LogP contribution in [0.2, 0.25) is 0 Å². The molecule has 6 heteroatoms. The summed E-state index contributed by atoms with van der Waals surface area (Å²) in [6.45, 7) is 2.25. The van der Waals surface area contributed by atoms with Crippen molar-refractivity contribution >= 4 is 23.2 Å². The van der Waals surface area contributed by atoms with Crippen LogP contribution in [0, 0.1) is 0 Å². The molecule has 0 spiro atoms. The Morgan fingerprint density at radius 2 is 1.31 bits per heavy atom. The summed E-state index contributed by atoms with van der Waals surface area (Å²) >= 11 is 0. The van der Waals surface area contributed by atoms with Crippen LogP contribution in [0.1, 0.15) is 107 Å². The van der Waals surface area contributed by atoms with E-state index in [1.807, 2.05) is 0 Å². The smallest absolute Gasteiger partial charge is 0.255 e. The lowest BCUT2D eigenvalue weighted by Crippen LogP contribution is -2.14. The molecule has 0 bridgehead atoms. The van der Waals surface area contributed by atoms with E-state index >= 15 is 0 Å². The predicted octanol–water partition coefficient (Wildman–Crippen LogP) is 7.77. The summed E-state index contributed by atoms with van der Waals surface area (Å²) in [7, 11) is 0. The van der Waals surface area contributed by atoms with Crippen LogP contribution in [0.4, 0.5) is 11.4 Å². The van der Waals surface area contributed by atoms with E-state index in [9.17, 15) is 19.8 Å². The summed E-state index contributed by atoms with van der Waals surface area (Å²) in [5.41, 5.74) is 1.01. The van der Waals surface area contributed by atoms with Crippen molar-refractivity contribution in [3.8, 4) is 11.5 Å². The average Bonchev–Trinajstić information content (AvgIpc) is 2.84. The monoisotopic (exact) mass is 482 g/mol. The largest absolute Gasteiger partial charge is 0.508 e. The van der Waals surface area contributed by atoms with Crippen LogP contribution >= 0.6 is 0 Å². The topological polar surface area (TPSA) is 98.7 Å². The van der Waals surface area contributed by atoms with Crippen molar-refractivity contribution in [1.29, 1.82) is 0 Å². The van der Waals surface area contributed by atoms with Crippen molar-refractivity contribution in [2.45, 2.75) is 96.8 Å². The zero-order valence-corrected chi connectivity index (χ0v) is 21.2. The van der Waals surface area contributed by atoms with Crippen molar-refractivity contribution < 1.29 is 19.8 Å². The Hall–Kier alpha value is -3.02. The standard InChI is InChI=1S/C29H42N2O4/c1-2-3-4-5-6-7-8-9-10-11-12-13-14-18-28(34)30-24-17-15-16-23(21-24)29(35)31-26-22-25(32)19-20-27(26)33/h15-17,19-22,32-33H,2-14,18H2,1H3,(H,30,34)(H,31,35). The molecule has 0 aliphatic carbocycles. The van der Waals surface area contributed by atoms with Crippen molar-refractivity contribution in [1.82, 2.24) is 0 Å². The van der Waals surface area contributed by atoms with Crippen LogP contribution in [0.3, 0.4) is 0 Å². The third kappa shape index (κ3) is 11.8. The molecule has 0 aliphatic heterocycles. The van der Waals surface area contributed by atoms with E-state index in [-0.39, 0.29) is 23.1 Å². The molecule has 2 amide bonds. The minimum atomic E-state index is -0.446. The number of nitrogens with one attached hydrogen (secondary N) is 2. The van der Waals surface area contributed by atoms with Gasteiger partial charge in [-0.2, -0.15) is 0 Å². The molecule has 192 valence electrons. The average molecular weight is 483 g/mol. The molecule has 2 rings (SSSR count). The normalized spacial score (nSPS) is 10.8. The number of rotatable bonds is 17. The lowest BCUT2D eigenvalue weighted by atomic mass is 10.0. The minimum absolute atomic E-state index is 0.0590. The van der Waals surface area contributed by atoms with E-state index in [1.54, 1.807) is 24.3 Å². The zero-order valence-electron chi connectivity index (χ0n) is 21.2. The summed E-state index contributed by atoms with van der Waals surface area (Å²) in [6, 6.07) is 10.6. The molecule has 0 aromatic heterocycles. The van der Waals surface area contributed by atoms with Gasteiger partial charge in [-0.3, -0.25) is 9.59 Å². The summed E-state index contributed by atoms with van der Waals surface area (Å²) in [6.07, 6.45) is 16.9. The van der Waals surface area contributed by atoms with Gasteiger partial charge < -0.3 is 20.8 Å². The highest BCUT2D eigenvalue weighted by Crippen LogP contribution is 2.27. The molecule has 35 heavy (non-hydrogen) atoms. The number of hydrogen-bond donors (Lipinski definition) is 4. The molecule has 0 aliphatic rings. The Morgan fingerprint density at radius 1 is 0.714 bits per heavy atom. The van der Waals surface area contributed by atoms with Crippen molar-refractivity contribution in [2.24, 2.45) is 0 Å². The zero-order chi connectivity index (χ0) is 25.3. The number of phenols is 2. The Labute approximate surface area is 210 Å². The number of amides is 2. The molecule has 0 saturated carbocycles. The summed E-state index contributed by atoms with van der Waals surface area (Å²) in [4.78, 5) is 24.8. The van der Waals surface area contributed by atoms with E-state index in [2.05, 4.69) is 17.6 Å². The third-order valence-corrected chi connectivity index (χ3v) is 6.14. The highest BCUT2D eigenvalue weighted by molar-refractivity contribution is 6.06. The van der Waals surface area contributed by atoms with E-state index in [1.165, 1.54) is 88.8 Å². The first kappa shape index (κ1) is 28.2. The van der Waals surface area contributed by atoms with Crippen LogP contribution in [0.15, 0.2) is 42.5 Å². The van der Waals surface area contributed by atoms with Gasteiger partial charge in [0.2, 0.25) is 5.91 Å². The lowest BCUT2D eigenvalue weighted by Gasteiger charge is -2.10. The first-order chi connectivity index (χ1) is 17.0. The fourth-order valence-corrected chi connectivity index (χ4v) is 4.08. The number of carbonyl (C=O) groups is 2. The van der Waals surface area contributed by atoms with Gasteiger partial charge in [0.05, 0.1) is 5.69 Å². The van der Waals surface area contributed by atoms with Gasteiger partial charge in [0, 0.05) is 23.7 Å². The molecule has 0 heterocycles. The fourth-order valence-electron chi connectivity index (χ4n) is 4.08. The molecular weight excluding hydrogens is 440 g/mol. The second-order valence-corrected chi connectivity index (χ2v) is 9.28. The van der Waals surface area contributed by atoms with Crippen molar-refractivity contribution in [2.75, 3.05) is 10.6 Å². The van der Waals surface area contributed by atoms with Crippen LogP contribution in [-0.4, -0.2) is 22.0 Å². The number of hydrogen-bond acceptors (Lipinski definition) is 4. The van der Waals surface area contributed by atoms with Crippen molar-refractivity contribution in [3.05, 3.63) is 48.0 Å². The molecule has 6 nitrogen and oxygen atoms in total. The summed E-state index contributed by atoms with van der Waals surface area (Å²) in [5.74, 6) is -0.708. The molecule has 0 fully saturated rings. The number of phenolic OH excluding ortho intramolecular Hbond substituents is 2. The summed E-state index contributed by atoms with van der Waals surface area (Å²) in [5, 5.41) is 24.8. The number of anilines is 2. The van der Waals surface area contributed by atoms with Crippen LogP contribution in [-0.2, 0) is 4.79 Å². The van der Waals surface area contributed by atoms with Crippen molar-refractivity contribution in [3.63, 3.8) is 0 Å². The second-order valence-electron chi connectivity index (χ2n) is 9.28. The fraction of sp³-hybridized carbons (Fsp3) is 0.517. The van der Waals surface area contributed by atoms with Gasteiger partial charge in [-0.25, -0.2) is 0 Å². The maximum atomic E-state index is 12.5. The maximum absolute atomic E-state index is 12.5. The first-order valence-corrected chi connectivity index (χ1v) is 13.2. The predicted molar refractivity (Wildman–Crippen MR) is 143 cm³/mol. The molecule has 2 aromatic carbocycles. The van der Waals surface area contributed by atoms with Crippen LogP contribution in [0.25, 0.3) is 0 Å². The highest BCUT2D eigenvalue weighted by atomic mass is 16.3. The van der Waals surface area contributed by atoms with Gasteiger partial charge in [0.25, 0.3) is 5.91 Å². The number of benzene rings is 2. The molecular formula is C29H42N2O4. The Kier molecular flexibility index (Phi) is 13.4. The first-order valence-electron chi connectivity index (χ1n) is 13.2. The molecule has 0 saturated heterocycles. The van der Waals surface area contributed by atoms with E-state index in [0.717, 1.165) is 12.8 Å².